The van der Waals surface area contributed by atoms with Crippen LogP contribution >= 0.6 is 11.3 Å². The van der Waals surface area contributed by atoms with E-state index in [-0.39, 0.29) is 5.56 Å². The number of nitrogens with zero attached hydrogens (tertiary/aromatic N) is 2. The fourth-order valence-corrected chi connectivity index (χ4v) is 2.49. The maximum absolute atomic E-state index is 13.5. The average Bonchev–Trinajstić information content (AvgIpc) is 2.88. The first-order valence-corrected chi connectivity index (χ1v) is 6.52. The van der Waals surface area contributed by atoms with Gasteiger partial charge in [-0.05, 0) is 30.0 Å². The molecule has 1 heterocycles. The van der Waals surface area contributed by atoms with Crippen LogP contribution in [0, 0.1) is 17.1 Å². The van der Waals surface area contributed by atoms with Crippen LogP contribution in [0.2, 0.25) is 0 Å². The molecule has 2 rings (SSSR count). The SMILES string of the molecule is CN(CCc1cccs1)c1cccc(F)c1C#N. The molecule has 0 unspecified atom stereocenters. The number of likely N-dealkylation sites (N-methyl/N-ethyl adjacent to an activating group) is 1. The summed E-state index contributed by atoms with van der Waals surface area (Å²) in [5.41, 5.74) is 0.764. The summed E-state index contributed by atoms with van der Waals surface area (Å²) >= 11 is 1.71. The van der Waals surface area contributed by atoms with E-state index in [1.54, 1.807) is 23.5 Å². The zero-order valence-electron chi connectivity index (χ0n) is 10.1. The first-order chi connectivity index (χ1) is 8.72. The Labute approximate surface area is 110 Å². The molecule has 18 heavy (non-hydrogen) atoms. The van der Waals surface area contributed by atoms with Crippen LogP contribution in [-0.4, -0.2) is 13.6 Å². The Morgan fingerprint density at radius 1 is 1.33 bits per heavy atom. The minimum absolute atomic E-state index is 0.117. The Kier molecular flexibility index (Phi) is 3.96. The third-order valence-corrected chi connectivity index (χ3v) is 3.72. The molecule has 0 saturated carbocycles. The van der Waals surface area contributed by atoms with Gasteiger partial charge in [0.1, 0.15) is 17.4 Å². The Hall–Kier alpha value is -1.86. The van der Waals surface area contributed by atoms with Gasteiger partial charge in [-0.2, -0.15) is 5.26 Å². The smallest absolute Gasteiger partial charge is 0.143 e. The monoisotopic (exact) mass is 260 g/mol. The lowest BCUT2D eigenvalue weighted by Crippen LogP contribution is -2.21. The second-order valence-electron chi connectivity index (χ2n) is 4.00. The first kappa shape index (κ1) is 12.6. The van der Waals surface area contributed by atoms with E-state index in [1.807, 2.05) is 29.5 Å². The molecule has 1 aromatic carbocycles. The van der Waals surface area contributed by atoms with Gasteiger partial charge in [0.2, 0.25) is 0 Å². The van der Waals surface area contributed by atoms with Crippen molar-refractivity contribution >= 4 is 17.0 Å². The number of rotatable bonds is 4. The summed E-state index contributed by atoms with van der Waals surface area (Å²) in [6.07, 6.45) is 0.898. The van der Waals surface area contributed by atoms with Gasteiger partial charge in [-0.1, -0.05) is 12.1 Å². The van der Waals surface area contributed by atoms with E-state index in [4.69, 9.17) is 5.26 Å². The van der Waals surface area contributed by atoms with Gasteiger partial charge >= 0.3 is 0 Å². The number of halogens is 1. The van der Waals surface area contributed by atoms with E-state index in [2.05, 4.69) is 6.07 Å². The normalized spacial score (nSPS) is 10.1. The van der Waals surface area contributed by atoms with Crippen molar-refractivity contribution in [2.45, 2.75) is 6.42 Å². The summed E-state index contributed by atoms with van der Waals surface area (Å²) in [4.78, 5) is 3.21. The maximum atomic E-state index is 13.5. The number of anilines is 1. The molecular formula is C14H13FN2S. The second kappa shape index (κ2) is 5.65. The van der Waals surface area contributed by atoms with E-state index >= 15 is 0 Å². The van der Waals surface area contributed by atoms with E-state index in [1.165, 1.54) is 10.9 Å². The van der Waals surface area contributed by atoms with Gasteiger partial charge in [0.25, 0.3) is 0 Å². The van der Waals surface area contributed by atoms with Gasteiger partial charge in [0.15, 0.2) is 0 Å². The van der Waals surface area contributed by atoms with E-state index in [9.17, 15) is 4.39 Å². The predicted octanol–water partition coefficient (Wildman–Crippen LogP) is 3.44. The number of hydrogen-bond donors (Lipinski definition) is 0. The highest BCUT2D eigenvalue weighted by atomic mass is 32.1. The summed E-state index contributed by atoms with van der Waals surface area (Å²) < 4.78 is 13.5. The van der Waals surface area contributed by atoms with Crippen molar-refractivity contribution < 1.29 is 4.39 Å². The Morgan fingerprint density at radius 2 is 2.17 bits per heavy atom. The Morgan fingerprint density at radius 3 is 2.83 bits per heavy atom. The molecule has 0 amide bonds. The molecular weight excluding hydrogens is 247 g/mol. The van der Waals surface area contributed by atoms with Gasteiger partial charge in [-0.25, -0.2) is 4.39 Å². The van der Waals surface area contributed by atoms with Crippen LogP contribution in [0.25, 0.3) is 0 Å². The third kappa shape index (κ3) is 2.69. The van der Waals surface area contributed by atoms with E-state index in [0.29, 0.717) is 5.69 Å². The first-order valence-electron chi connectivity index (χ1n) is 5.64. The van der Waals surface area contributed by atoms with E-state index in [0.717, 1.165) is 13.0 Å². The molecule has 0 radical (unpaired) electrons. The Bertz CT molecular complexity index is 558. The lowest BCUT2D eigenvalue weighted by Gasteiger charge is -2.20. The van der Waals surface area contributed by atoms with Crippen molar-refractivity contribution in [3.63, 3.8) is 0 Å². The fourth-order valence-electron chi connectivity index (χ4n) is 1.79. The molecule has 4 heteroatoms. The molecule has 0 atom stereocenters. The van der Waals surface area contributed by atoms with Gasteiger partial charge in [-0.15, -0.1) is 11.3 Å². The summed E-state index contributed by atoms with van der Waals surface area (Å²) in [6.45, 7) is 0.763. The van der Waals surface area contributed by atoms with Crippen molar-refractivity contribution in [1.82, 2.24) is 0 Å². The molecule has 0 aliphatic heterocycles. The van der Waals surface area contributed by atoms with Crippen LogP contribution in [0.15, 0.2) is 35.7 Å². The zero-order valence-corrected chi connectivity index (χ0v) is 10.9. The summed E-state index contributed by atoms with van der Waals surface area (Å²) in [5.74, 6) is -0.460. The highest BCUT2D eigenvalue weighted by molar-refractivity contribution is 7.09. The molecule has 92 valence electrons. The molecule has 2 nitrogen and oxygen atoms in total. The molecule has 0 aliphatic rings. The van der Waals surface area contributed by atoms with Gasteiger partial charge in [0.05, 0.1) is 5.69 Å². The lowest BCUT2D eigenvalue weighted by atomic mass is 10.1. The van der Waals surface area contributed by atoms with Crippen LogP contribution in [-0.2, 0) is 6.42 Å². The van der Waals surface area contributed by atoms with E-state index < -0.39 is 5.82 Å². The van der Waals surface area contributed by atoms with Crippen molar-refractivity contribution in [2.24, 2.45) is 0 Å². The molecule has 0 bridgehead atoms. The van der Waals surface area contributed by atoms with Crippen molar-refractivity contribution in [1.29, 1.82) is 5.26 Å². The largest absolute Gasteiger partial charge is 0.373 e. The van der Waals surface area contributed by atoms with Crippen LogP contribution in [0.4, 0.5) is 10.1 Å². The molecule has 2 aromatic rings. The van der Waals surface area contributed by atoms with Crippen molar-refractivity contribution in [3.8, 4) is 6.07 Å². The van der Waals surface area contributed by atoms with Crippen LogP contribution < -0.4 is 4.90 Å². The number of benzene rings is 1. The lowest BCUT2D eigenvalue weighted by molar-refractivity contribution is 0.623. The highest BCUT2D eigenvalue weighted by Crippen LogP contribution is 2.22. The van der Waals surface area contributed by atoms with Crippen molar-refractivity contribution in [3.05, 3.63) is 52.0 Å². The molecule has 0 fully saturated rings. The van der Waals surface area contributed by atoms with Crippen molar-refractivity contribution in [2.75, 3.05) is 18.5 Å². The Balaban J connectivity index is 2.12. The maximum Gasteiger partial charge on any atom is 0.143 e. The van der Waals surface area contributed by atoms with Crippen LogP contribution in [0.3, 0.4) is 0 Å². The molecule has 0 saturated heterocycles. The molecule has 0 N–H and O–H groups in total. The molecule has 0 spiro atoms. The summed E-state index contributed by atoms with van der Waals surface area (Å²) in [7, 11) is 1.88. The van der Waals surface area contributed by atoms with Gasteiger partial charge in [-0.3, -0.25) is 0 Å². The summed E-state index contributed by atoms with van der Waals surface area (Å²) in [5, 5.41) is 11.0. The van der Waals surface area contributed by atoms with Gasteiger partial charge < -0.3 is 4.90 Å². The third-order valence-electron chi connectivity index (χ3n) is 2.79. The highest BCUT2D eigenvalue weighted by Gasteiger charge is 2.11. The predicted molar refractivity (Wildman–Crippen MR) is 72.4 cm³/mol. The fraction of sp³-hybridized carbons (Fsp3) is 0.214. The molecule has 0 aliphatic carbocycles. The topological polar surface area (TPSA) is 27.0 Å². The molecule has 1 aromatic heterocycles. The number of thiophene rings is 1. The minimum atomic E-state index is -0.460. The minimum Gasteiger partial charge on any atom is -0.373 e. The van der Waals surface area contributed by atoms with Crippen LogP contribution in [0.5, 0.6) is 0 Å². The number of hydrogen-bond acceptors (Lipinski definition) is 3. The standard InChI is InChI=1S/C14H13FN2S/c1-17(8-7-11-4-3-9-18-11)14-6-2-5-13(15)12(14)10-16/h2-6,9H,7-8H2,1H3. The second-order valence-corrected chi connectivity index (χ2v) is 5.03. The number of nitriles is 1. The van der Waals surface area contributed by atoms with Gasteiger partial charge in [0, 0.05) is 18.5 Å². The summed E-state index contributed by atoms with van der Waals surface area (Å²) in [6, 6.07) is 10.7. The zero-order chi connectivity index (χ0) is 13.0. The van der Waals surface area contributed by atoms with Crippen LogP contribution in [0.1, 0.15) is 10.4 Å². The average molecular weight is 260 g/mol. The quantitative estimate of drug-likeness (QED) is 0.842.